The van der Waals surface area contributed by atoms with E-state index < -0.39 is 38.4 Å². The van der Waals surface area contributed by atoms with Gasteiger partial charge in [-0.1, -0.05) is 50.0 Å². The van der Waals surface area contributed by atoms with Crippen LogP contribution in [0.3, 0.4) is 0 Å². The van der Waals surface area contributed by atoms with Crippen LogP contribution in [0.5, 0.6) is 0 Å². The highest BCUT2D eigenvalue weighted by atomic mass is 28.3. The zero-order valence-electron chi connectivity index (χ0n) is 24.5. The van der Waals surface area contributed by atoms with Crippen molar-refractivity contribution in [2.24, 2.45) is 0 Å². The molecule has 0 aliphatic carbocycles. The summed E-state index contributed by atoms with van der Waals surface area (Å²) in [5.41, 5.74) is 1.39. The maximum Gasteiger partial charge on any atom is 0.494 e. The number of fused-ring (bicyclic) bond motifs is 1. The van der Waals surface area contributed by atoms with Gasteiger partial charge in [-0.25, -0.2) is 4.79 Å². The molecule has 40 heavy (non-hydrogen) atoms. The summed E-state index contributed by atoms with van der Waals surface area (Å²) in [7, 11) is -1.83. The monoisotopic (exact) mass is 561 g/mol. The van der Waals surface area contributed by atoms with Gasteiger partial charge in [-0.3, -0.25) is 9.78 Å². The number of alkyl carbamates (subject to hydrolysis) is 1. The molecule has 1 aliphatic rings. The molecule has 1 saturated heterocycles. The normalized spacial score (nSPS) is 16.9. The van der Waals surface area contributed by atoms with E-state index in [1.54, 1.807) is 12.4 Å². The Hall–Kier alpha value is -3.21. The Bertz CT molecular complexity index is 1340. The molecule has 0 radical (unpaired) electrons. The maximum atomic E-state index is 13.6. The average molecular weight is 562 g/mol. The van der Waals surface area contributed by atoms with Crippen LogP contribution in [0, 0.1) is 0 Å². The first-order valence-corrected chi connectivity index (χ1v) is 17.5. The first-order chi connectivity index (χ1) is 18.7. The van der Waals surface area contributed by atoms with Gasteiger partial charge in [0.05, 0.1) is 23.7 Å². The fourth-order valence-corrected chi connectivity index (χ4v) is 5.02. The summed E-state index contributed by atoms with van der Waals surface area (Å²) in [6.07, 6.45) is 2.97. The van der Waals surface area contributed by atoms with Gasteiger partial charge in [0.15, 0.2) is 0 Å². The summed E-state index contributed by atoms with van der Waals surface area (Å²) in [6.45, 7) is 15.2. The zero-order valence-corrected chi connectivity index (χ0v) is 25.5. The van der Waals surface area contributed by atoms with Crippen molar-refractivity contribution in [1.29, 1.82) is 0 Å². The molecule has 0 bridgehead atoms. The molecule has 1 aromatic heterocycles. The number of nitrogens with zero attached hydrogens (tertiary/aromatic N) is 1. The number of pyridine rings is 1. The van der Waals surface area contributed by atoms with E-state index in [4.69, 9.17) is 14.0 Å². The van der Waals surface area contributed by atoms with E-state index in [-0.39, 0.29) is 12.5 Å². The highest BCUT2D eigenvalue weighted by Crippen LogP contribution is 2.36. The van der Waals surface area contributed by atoms with E-state index in [1.807, 2.05) is 76.2 Å². The summed E-state index contributed by atoms with van der Waals surface area (Å²) in [6, 6.07) is 16.0. The van der Waals surface area contributed by atoms with Gasteiger partial charge in [0.2, 0.25) is 5.91 Å². The van der Waals surface area contributed by atoms with Gasteiger partial charge >= 0.3 is 13.2 Å². The van der Waals surface area contributed by atoms with Crippen molar-refractivity contribution in [1.82, 2.24) is 10.3 Å². The summed E-state index contributed by atoms with van der Waals surface area (Å²) in [5.74, 6) is -0.885. The lowest BCUT2D eigenvalue weighted by atomic mass is 9.78. The van der Waals surface area contributed by atoms with Gasteiger partial charge in [0.1, 0.15) is 0 Å². The van der Waals surface area contributed by atoms with Gasteiger partial charge in [0.25, 0.3) is 0 Å². The number of amides is 2. The number of rotatable bonds is 9. The van der Waals surface area contributed by atoms with Gasteiger partial charge in [0, 0.05) is 38.1 Å². The van der Waals surface area contributed by atoms with E-state index in [0.29, 0.717) is 12.3 Å². The minimum absolute atomic E-state index is 0.0882. The predicted molar refractivity (Wildman–Crippen MR) is 163 cm³/mol. The Morgan fingerprint density at radius 2 is 1.65 bits per heavy atom. The van der Waals surface area contributed by atoms with Crippen LogP contribution in [0.15, 0.2) is 60.9 Å². The summed E-state index contributed by atoms with van der Waals surface area (Å²) < 4.78 is 17.7. The largest absolute Gasteiger partial charge is 0.494 e. The van der Waals surface area contributed by atoms with Crippen molar-refractivity contribution in [3.05, 3.63) is 66.5 Å². The van der Waals surface area contributed by atoms with Crippen molar-refractivity contribution >= 4 is 49.1 Å². The van der Waals surface area contributed by atoms with Crippen LogP contribution >= 0.6 is 0 Å². The molecule has 3 aromatic rings. The number of aromatic nitrogens is 1. The number of carbonyl (C=O) groups is 2. The molecule has 2 N–H and O–H groups in total. The van der Waals surface area contributed by atoms with Crippen LogP contribution in [0.1, 0.15) is 39.2 Å². The summed E-state index contributed by atoms with van der Waals surface area (Å²) in [4.78, 5) is 30.2. The lowest BCUT2D eigenvalue weighted by molar-refractivity contribution is -0.117. The lowest BCUT2D eigenvalue weighted by Crippen LogP contribution is -2.41. The Morgan fingerprint density at radius 3 is 2.30 bits per heavy atom. The second kappa shape index (κ2) is 11.7. The highest BCUT2D eigenvalue weighted by Gasteiger charge is 2.51. The van der Waals surface area contributed by atoms with Gasteiger partial charge in [-0.15, -0.1) is 0 Å². The summed E-state index contributed by atoms with van der Waals surface area (Å²) in [5, 5.41) is 7.76. The number of benzene rings is 2. The molecule has 2 amide bonds. The Labute approximate surface area is 238 Å². The SMILES string of the molecule is CC1(C)OB(c2ccc(C(CNC(=O)OCC[Si](C)(C)C)C(=O)Nc3ccc4cnccc4c3)cc2)OC1(C)C. The van der Waals surface area contributed by atoms with Gasteiger partial charge in [-0.2, -0.15) is 0 Å². The molecule has 10 heteroatoms. The van der Waals surface area contributed by atoms with E-state index >= 15 is 0 Å². The van der Waals surface area contributed by atoms with Crippen LogP contribution in [0.2, 0.25) is 25.7 Å². The molecule has 1 atom stereocenters. The summed E-state index contributed by atoms with van der Waals surface area (Å²) >= 11 is 0. The van der Waals surface area contributed by atoms with Gasteiger partial charge < -0.3 is 24.7 Å². The highest BCUT2D eigenvalue weighted by molar-refractivity contribution is 6.76. The van der Waals surface area contributed by atoms with E-state index in [2.05, 4.69) is 35.3 Å². The van der Waals surface area contributed by atoms with Crippen molar-refractivity contribution in [2.75, 3.05) is 18.5 Å². The third-order valence-corrected chi connectivity index (χ3v) is 9.33. The Kier molecular flexibility index (Phi) is 8.72. The third-order valence-electron chi connectivity index (χ3n) is 7.62. The fourth-order valence-electron chi connectivity index (χ4n) is 4.30. The van der Waals surface area contributed by atoms with Crippen molar-refractivity contribution in [3.8, 4) is 0 Å². The number of hydrogen-bond acceptors (Lipinski definition) is 6. The minimum atomic E-state index is -1.33. The molecule has 4 rings (SSSR count). The molecule has 0 spiro atoms. The van der Waals surface area contributed by atoms with Crippen molar-refractivity contribution in [3.63, 3.8) is 0 Å². The lowest BCUT2D eigenvalue weighted by Gasteiger charge is -2.32. The Morgan fingerprint density at radius 1 is 0.975 bits per heavy atom. The van der Waals surface area contributed by atoms with Crippen molar-refractivity contribution in [2.45, 2.75) is 70.5 Å². The molecule has 1 fully saturated rings. The van der Waals surface area contributed by atoms with Crippen molar-refractivity contribution < 1.29 is 23.6 Å². The van der Waals surface area contributed by atoms with Crippen LogP contribution in [-0.2, 0) is 18.8 Å². The second-order valence-corrected chi connectivity index (χ2v) is 18.2. The molecule has 0 saturated carbocycles. The fraction of sp³-hybridized carbons (Fsp3) is 0.433. The molecule has 8 nitrogen and oxygen atoms in total. The number of nitrogens with one attached hydrogen (secondary N) is 2. The van der Waals surface area contributed by atoms with Crippen LogP contribution < -0.4 is 16.1 Å². The standard InChI is InChI=1S/C30H40BN3O5Si/c1-29(2)30(3,4)39-31(38-29)24-11-8-21(9-12-24)26(20-33-28(36)37-16-17-40(5,6)7)27(35)34-25-13-10-23-19-32-15-14-22(23)18-25/h8-15,18-19,26H,16-17,20H2,1-7H3,(H,33,36)(H,34,35). The smallest absolute Gasteiger partial charge is 0.450 e. The van der Waals surface area contributed by atoms with Crippen LogP contribution in [0.4, 0.5) is 10.5 Å². The van der Waals surface area contributed by atoms with E-state index in [0.717, 1.165) is 27.8 Å². The van der Waals surface area contributed by atoms with Crippen LogP contribution in [-0.4, -0.2) is 56.5 Å². The van der Waals surface area contributed by atoms with Gasteiger partial charge in [-0.05, 0) is 68.4 Å². The van der Waals surface area contributed by atoms with E-state index in [9.17, 15) is 9.59 Å². The molecular formula is C30H40BN3O5Si. The van der Waals surface area contributed by atoms with E-state index in [1.165, 1.54) is 0 Å². The molecular weight excluding hydrogens is 521 g/mol. The predicted octanol–water partition coefficient (Wildman–Crippen LogP) is 5.32. The number of ether oxygens (including phenoxy) is 1. The second-order valence-electron chi connectivity index (χ2n) is 12.6. The molecule has 212 valence electrons. The minimum Gasteiger partial charge on any atom is -0.450 e. The first-order valence-electron chi connectivity index (χ1n) is 13.7. The average Bonchev–Trinajstić information content (AvgIpc) is 3.10. The molecule has 2 heterocycles. The molecule has 2 aromatic carbocycles. The first kappa shape index (κ1) is 29.8. The molecule has 1 aliphatic heterocycles. The van der Waals surface area contributed by atoms with Crippen LogP contribution in [0.25, 0.3) is 10.8 Å². The zero-order chi connectivity index (χ0) is 29.1. The Balaban J connectivity index is 1.50. The quantitative estimate of drug-likeness (QED) is 0.343. The number of carbonyl (C=O) groups excluding carboxylic acids is 2. The third kappa shape index (κ3) is 7.30. The number of hydrogen-bond donors (Lipinski definition) is 2. The topological polar surface area (TPSA) is 98.8 Å². The maximum absolute atomic E-state index is 13.6. The number of anilines is 1. The molecule has 1 unspecified atom stereocenters.